The van der Waals surface area contributed by atoms with Crippen LogP contribution < -0.4 is 14.8 Å². The number of hydrogen-bond donors (Lipinski definition) is 1. The van der Waals surface area contributed by atoms with Crippen molar-refractivity contribution in [3.63, 3.8) is 0 Å². The number of carbonyl (C=O) groups is 2. The lowest BCUT2D eigenvalue weighted by Crippen LogP contribution is -2.41. The number of nitrogens with one attached hydrogen (secondary N) is 1. The summed E-state index contributed by atoms with van der Waals surface area (Å²) in [5, 5.41) is 2.97. The van der Waals surface area contributed by atoms with E-state index in [9.17, 15) is 9.59 Å². The molecule has 1 atom stereocenters. The minimum absolute atomic E-state index is 0.120. The van der Waals surface area contributed by atoms with Crippen molar-refractivity contribution in [3.8, 4) is 11.5 Å². The van der Waals surface area contributed by atoms with Gasteiger partial charge in [-0.3, -0.25) is 9.59 Å². The van der Waals surface area contributed by atoms with E-state index in [-0.39, 0.29) is 17.9 Å². The molecule has 0 radical (unpaired) electrons. The Morgan fingerprint density at radius 3 is 2.24 bits per heavy atom. The van der Waals surface area contributed by atoms with Crippen molar-refractivity contribution in [3.05, 3.63) is 83.7 Å². The molecule has 1 heterocycles. The fourth-order valence-electron chi connectivity index (χ4n) is 3.76. The molecule has 0 saturated carbocycles. The standard InChI is InChI=1S/C26H31N3O4/c1-28-14-8-11-24(28)25(30)27-13-12-21(15-19-9-6-5-7-10-19)29(2)26(31)20-16-22(32-3)18-23(17-20)33-4/h5-11,14,16-18,21H,12-13,15H2,1-4H3,(H,27,30)/t21-/m1/s1. The average Bonchev–Trinajstić information content (AvgIpc) is 3.28. The van der Waals surface area contributed by atoms with E-state index in [1.165, 1.54) is 0 Å². The van der Waals surface area contributed by atoms with E-state index in [2.05, 4.69) is 5.32 Å². The van der Waals surface area contributed by atoms with Gasteiger partial charge in [-0.15, -0.1) is 0 Å². The lowest BCUT2D eigenvalue weighted by Gasteiger charge is -2.29. The number of nitrogens with zero attached hydrogens (tertiary/aromatic N) is 2. The van der Waals surface area contributed by atoms with Crippen LogP contribution >= 0.6 is 0 Å². The van der Waals surface area contributed by atoms with Crippen LogP contribution in [0.4, 0.5) is 0 Å². The molecule has 0 aliphatic heterocycles. The van der Waals surface area contributed by atoms with Crippen molar-refractivity contribution < 1.29 is 19.1 Å². The molecule has 174 valence electrons. The molecular formula is C26H31N3O4. The van der Waals surface area contributed by atoms with Crippen LogP contribution in [0.15, 0.2) is 66.9 Å². The van der Waals surface area contributed by atoms with Gasteiger partial charge in [-0.1, -0.05) is 30.3 Å². The van der Waals surface area contributed by atoms with Gasteiger partial charge in [0.1, 0.15) is 17.2 Å². The number of amides is 2. The molecule has 1 N–H and O–H groups in total. The molecule has 0 bridgehead atoms. The molecule has 0 aliphatic carbocycles. The first-order valence-electron chi connectivity index (χ1n) is 10.9. The molecule has 0 unspecified atom stereocenters. The third-order valence-electron chi connectivity index (χ3n) is 5.72. The smallest absolute Gasteiger partial charge is 0.267 e. The minimum Gasteiger partial charge on any atom is -0.497 e. The number of carbonyl (C=O) groups excluding carboxylic acids is 2. The number of benzene rings is 2. The predicted octanol–water partition coefficient (Wildman–Crippen LogP) is 3.55. The average molecular weight is 450 g/mol. The van der Waals surface area contributed by atoms with Crippen LogP contribution in [0.1, 0.15) is 32.8 Å². The van der Waals surface area contributed by atoms with Crippen LogP contribution in [0.25, 0.3) is 0 Å². The minimum atomic E-state index is -0.137. The van der Waals surface area contributed by atoms with Gasteiger partial charge in [0.25, 0.3) is 11.8 Å². The SMILES string of the molecule is COc1cc(OC)cc(C(=O)N(C)[C@H](CCNC(=O)c2cccn2C)Cc2ccccc2)c1. The topological polar surface area (TPSA) is 72.8 Å². The van der Waals surface area contributed by atoms with Gasteiger partial charge in [0.15, 0.2) is 0 Å². The lowest BCUT2D eigenvalue weighted by molar-refractivity contribution is 0.0722. The Hall–Kier alpha value is -3.74. The number of aryl methyl sites for hydroxylation is 1. The van der Waals surface area contributed by atoms with Crippen LogP contribution in [0, 0.1) is 0 Å². The summed E-state index contributed by atoms with van der Waals surface area (Å²) in [6.45, 7) is 0.445. The zero-order chi connectivity index (χ0) is 23.8. The molecule has 3 rings (SSSR count). The Morgan fingerprint density at radius 1 is 1.00 bits per heavy atom. The molecule has 7 nitrogen and oxygen atoms in total. The van der Waals surface area contributed by atoms with E-state index in [0.29, 0.717) is 42.1 Å². The highest BCUT2D eigenvalue weighted by Gasteiger charge is 2.23. The van der Waals surface area contributed by atoms with Gasteiger partial charge in [-0.25, -0.2) is 0 Å². The van der Waals surface area contributed by atoms with Crippen molar-refractivity contribution in [1.82, 2.24) is 14.8 Å². The number of methoxy groups -OCH3 is 2. The monoisotopic (exact) mass is 449 g/mol. The summed E-state index contributed by atoms with van der Waals surface area (Å²) in [7, 11) is 6.74. The Bertz CT molecular complexity index is 1060. The molecule has 2 aromatic carbocycles. The number of likely N-dealkylation sites (N-methyl/N-ethyl adjacent to an activating group) is 1. The second-order valence-corrected chi connectivity index (χ2v) is 7.91. The quantitative estimate of drug-likeness (QED) is 0.514. The Kier molecular flexibility index (Phi) is 8.13. The van der Waals surface area contributed by atoms with Gasteiger partial charge in [-0.2, -0.15) is 0 Å². The van der Waals surface area contributed by atoms with Crippen molar-refractivity contribution >= 4 is 11.8 Å². The molecule has 2 amide bonds. The van der Waals surface area contributed by atoms with E-state index in [1.807, 2.05) is 49.6 Å². The number of aromatic nitrogens is 1. The maximum absolute atomic E-state index is 13.4. The normalized spacial score (nSPS) is 11.5. The zero-order valence-electron chi connectivity index (χ0n) is 19.6. The van der Waals surface area contributed by atoms with Crippen molar-refractivity contribution in [2.24, 2.45) is 7.05 Å². The van der Waals surface area contributed by atoms with Crippen LogP contribution in [0.2, 0.25) is 0 Å². The van der Waals surface area contributed by atoms with E-state index in [1.54, 1.807) is 55.0 Å². The maximum atomic E-state index is 13.4. The van der Waals surface area contributed by atoms with Crippen molar-refractivity contribution in [1.29, 1.82) is 0 Å². The number of hydrogen-bond acceptors (Lipinski definition) is 4. The van der Waals surface area contributed by atoms with Crippen molar-refractivity contribution in [2.75, 3.05) is 27.8 Å². The lowest BCUT2D eigenvalue weighted by atomic mass is 10.0. The van der Waals surface area contributed by atoms with E-state index in [0.717, 1.165) is 5.56 Å². The summed E-state index contributed by atoms with van der Waals surface area (Å²) in [4.78, 5) is 27.6. The Labute approximate surface area is 194 Å². The fourth-order valence-corrected chi connectivity index (χ4v) is 3.76. The highest BCUT2D eigenvalue weighted by atomic mass is 16.5. The highest BCUT2D eigenvalue weighted by Crippen LogP contribution is 2.24. The molecule has 1 aromatic heterocycles. The third kappa shape index (κ3) is 6.16. The second kappa shape index (κ2) is 11.2. The first-order valence-corrected chi connectivity index (χ1v) is 10.9. The van der Waals surface area contributed by atoms with Gasteiger partial charge < -0.3 is 24.3 Å². The molecule has 0 fully saturated rings. The predicted molar refractivity (Wildman–Crippen MR) is 128 cm³/mol. The van der Waals surface area contributed by atoms with Gasteiger partial charge in [0.05, 0.1) is 14.2 Å². The van der Waals surface area contributed by atoms with E-state index in [4.69, 9.17) is 9.47 Å². The first-order chi connectivity index (χ1) is 15.9. The van der Waals surface area contributed by atoms with E-state index < -0.39 is 0 Å². The Balaban J connectivity index is 1.76. The molecule has 0 aliphatic rings. The highest BCUT2D eigenvalue weighted by molar-refractivity contribution is 5.95. The summed E-state index contributed by atoms with van der Waals surface area (Å²) >= 11 is 0. The second-order valence-electron chi connectivity index (χ2n) is 7.91. The van der Waals surface area contributed by atoms with Gasteiger partial charge in [0.2, 0.25) is 0 Å². The summed E-state index contributed by atoms with van der Waals surface area (Å²) in [6, 6.07) is 18.7. The van der Waals surface area contributed by atoms with Crippen LogP contribution in [0.3, 0.4) is 0 Å². The summed E-state index contributed by atoms with van der Waals surface area (Å²) in [5.74, 6) is 0.843. The Morgan fingerprint density at radius 2 is 1.67 bits per heavy atom. The largest absolute Gasteiger partial charge is 0.497 e. The fraction of sp³-hybridized carbons (Fsp3) is 0.308. The molecule has 0 saturated heterocycles. The van der Waals surface area contributed by atoms with E-state index >= 15 is 0 Å². The van der Waals surface area contributed by atoms with Gasteiger partial charge >= 0.3 is 0 Å². The number of ether oxygens (including phenoxy) is 2. The molecular weight excluding hydrogens is 418 g/mol. The van der Waals surface area contributed by atoms with Crippen LogP contribution in [0.5, 0.6) is 11.5 Å². The van der Waals surface area contributed by atoms with Crippen LogP contribution in [-0.4, -0.2) is 55.1 Å². The third-order valence-corrected chi connectivity index (χ3v) is 5.72. The molecule has 33 heavy (non-hydrogen) atoms. The van der Waals surface area contributed by atoms with Gasteiger partial charge in [0, 0.05) is 44.5 Å². The summed E-state index contributed by atoms with van der Waals surface area (Å²) in [6.07, 6.45) is 3.11. The molecule has 3 aromatic rings. The summed E-state index contributed by atoms with van der Waals surface area (Å²) < 4.78 is 12.4. The zero-order valence-corrected chi connectivity index (χ0v) is 19.6. The van der Waals surface area contributed by atoms with Crippen molar-refractivity contribution in [2.45, 2.75) is 18.9 Å². The molecule has 0 spiro atoms. The van der Waals surface area contributed by atoms with Crippen LogP contribution in [-0.2, 0) is 13.5 Å². The number of rotatable bonds is 10. The first kappa shape index (κ1) is 23.9. The maximum Gasteiger partial charge on any atom is 0.267 e. The van der Waals surface area contributed by atoms with Gasteiger partial charge in [-0.05, 0) is 42.7 Å². The molecule has 7 heteroatoms. The summed E-state index contributed by atoms with van der Waals surface area (Å²) in [5.41, 5.74) is 2.21.